The Kier molecular flexibility index (Phi) is 11.1. The molecule has 194 valence electrons. The summed E-state index contributed by atoms with van der Waals surface area (Å²) in [6, 6.07) is 14.0. The van der Waals surface area contributed by atoms with E-state index in [1.807, 2.05) is 0 Å². The first-order valence-corrected chi connectivity index (χ1v) is 14.2. The van der Waals surface area contributed by atoms with Gasteiger partial charge in [-0.15, -0.1) is 5.82 Å². The summed E-state index contributed by atoms with van der Waals surface area (Å²) in [5.41, 5.74) is 8.00. The first-order valence-electron chi connectivity index (χ1n) is 14.2. The van der Waals surface area contributed by atoms with Crippen LogP contribution in [-0.4, -0.2) is 10.6 Å². The van der Waals surface area contributed by atoms with Gasteiger partial charge >= 0.3 is 51.4 Å². The molecule has 0 bridgehead atoms. The van der Waals surface area contributed by atoms with Crippen LogP contribution in [0, 0.1) is 6.33 Å². The van der Waals surface area contributed by atoms with Crippen molar-refractivity contribution in [1.29, 1.82) is 0 Å². The second-order valence-electron chi connectivity index (χ2n) is 11.9. The average Bonchev–Trinajstić information content (AvgIpc) is 3.26. The molecule has 0 radical (unpaired) electrons. The molecule has 0 aliphatic heterocycles. The van der Waals surface area contributed by atoms with E-state index in [4.69, 9.17) is 5.32 Å². The van der Waals surface area contributed by atoms with Crippen LogP contribution in [0.25, 0.3) is 16.7 Å². The molecule has 1 saturated carbocycles. The van der Waals surface area contributed by atoms with E-state index in [9.17, 15) is 0 Å². The van der Waals surface area contributed by atoms with Crippen LogP contribution in [0.15, 0.2) is 42.6 Å². The van der Waals surface area contributed by atoms with Crippen LogP contribution in [0.4, 0.5) is 5.82 Å². The largest absolute Gasteiger partial charge is 1.00 e. The molecule has 0 N–H and O–H groups in total. The molecule has 1 fully saturated rings. The van der Waals surface area contributed by atoms with E-state index in [1.165, 1.54) is 65.7 Å². The summed E-state index contributed by atoms with van der Waals surface area (Å²) < 4.78 is 4.55. The van der Waals surface area contributed by atoms with E-state index < -0.39 is 0 Å². The van der Waals surface area contributed by atoms with E-state index >= 15 is 0 Å². The number of benzene rings is 2. The van der Waals surface area contributed by atoms with Crippen molar-refractivity contribution >= 4 is 5.82 Å². The van der Waals surface area contributed by atoms with Gasteiger partial charge in [-0.05, 0) is 47.0 Å². The van der Waals surface area contributed by atoms with E-state index in [1.54, 1.807) is 0 Å². The normalized spacial score (nSPS) is 14.6. The number of rotatable bonds is 8. The fourth-order valence-electron chi connectivity index (χ4n) is 5.69. The maximum atomic E-state index is 5.40. The standard InChI is InChI=1S/C33H46N3.K/c1-22(2)27-16-12-17-28(23(3)4)32(27)35-20-31(34-26-14-10-9-11-15-26)36(21-35)33-29(24(5)6)18-13-19-30(33)25(7)8;/h12-13,16-20,22-26H,9-11,14-15H2,1-8H3;/q-1;+1. The van der Waals surface area contributed by atoms with E-state index in [0.29, 0.717) is 29.7 Å². The Morgan fingerprint density at radius 2 is 1.19 bits per heavy atom. The Labute approximate surface area is 268 Å². The molecule has 1 heterocycles. The van der Waals surface area contributed by atoms with Crippen LogP contribution in [0.1, 0.15) is 133 Å². The van der Waals surface area contributed by atoms with Crippen LogP contribution in [0.3, 0.4) is 0 Å². The minimum Gasteiger partial charge on any atom is -0.502 e. The number of hydrogen-bond acceptors (Lipinski definition) is 0. The van der Waals surface area contributed by atoms with Crippen molar-refractivity contribution < 1.29 is 56.0 Å². The zero-order chi connectivity index (χ0) is 26.0. The number of nitrogens with zero attached hydrogens (tertiary/aromatic N) is 3. The average molecular weight is 524 g/mol. The van der Waals surface area contributed by atoms with Gasteiger partial charge < -0.3 is 14.5 Å². The van der Waals surface area contributed by atoms with Crippen molar-refractivity contribution in [2.75, 3.05) is 0 Å². The Bertz CT molecular complexity index is 1110. The third-order valence-electron chi connectivity index (χ3n) is 7.72. The molecule has 0 unspecified atom stereocenters. The molecule has 0 atom stereocenters. The molecule has 3 aromatic rings. The van der Waals surface area contributed by atoms with Crippen molar-refractivity contribution in [2.24, 2.45) is 0 Å². The van der Waals surface area contributed by atoms with Crippen LogP contribution >= 0.6 is 0 Å². The van der Waals surface area contributed by atoms with Gasteiger partial charge in [0.25, 0.3) is 0 Å². The summed E-state index contributed by atoms with van der Waals surface area (Å²) in [4.78, 5) is 0. The maximum Gasteiger partial charge on any atom is 1.00 e. The van der Waals surface area contributed by atoms with E-state index in [2.05, 4.69) is 113 Å². The fourth-order valence-corrected chi connectivity index (χ4v) is 5.69. The summed E-state index contributed by atoms with van der Waals surface area (Å²) in [5.74, 6) is 2.72. The van der Waals surface area contributed by atoms with Gasteiger partial charge in [0.15, 0.2) is 0 Å². The molecule has 0 saturated heterocycles. The summed E-state index contributed by atoms with van der Waals surface area (Å²) in [5, 5.41) is 5.40. The van der Waals surface area contributed by atoms with Gasteiger partial charge in [-0.3, -0.25) is 0 Å². The van der Waals surface area contributed by atoms with Crippen LogP contribution < -0.4 is 56.0 Å². The SMILES string of the molecule is CC(C)c1cccc(C(C)C)c1-n1[c-][n+](-c2c(C(C)C)cccc2C(C)C)cc1[N-]C1CCCCC1.[K+]. The van der Waals surface area contributed by atoms with Gasteiger partial charge in [-0.2, -0.15) is 0 Å². The molecule has 37 heavy (non-hydrogen) atoms. The fraction of sp³-hybridized carbons (Fsp3) is 0.545. The third-order valence-corrected chi connectivity index (χ3v) is 7.72. The molecule has 1 aliphatic carbocycles. The number of imidazole rings is 1. The number of hydrogen-bond donors (Lipinski definition) is 0. The minimum absolute atomic E-state index is 0. The molecule has 4 heteroatoms. The first-order chi connectivity index (χ1) is 17.2. The first kappa shape index (κ1) is 30.6. The smallest absolute Gasteiger partial charge is 0.502 e. The predicted molar refractivity (Wildman–Crippen MR) is 152 cm³/mol. The summed E-state index contributed by atoms with van der Waals surface area (Å²) in [6.45, 7) is 18.3. The third kappa shape index (κ3) is 6.81. The van der Waals surface area contributed by atoms with E-state index in [-0.39, 0.29) is 51.4 Å². The summed E-state index contributed by atoms with van der Waals surface area (Å²) >= 11 is 0. The van der Waals surface area contributed by atoms with Crippen LogP contribution in [-0.2, 0) is 0 Å². The second-order valence-corrected chi connectivity index (χ2v) is 11.9. The Balaban J connectivity index is 0.00000380. The molecule has 0 spiro atoms. The molecule has 4 rings (SSSR count). The number of para-hydroxylation sites is 2. The predicted octanol–water partition coefficient (Wildman–Crippen LogP) is 6.39. The number of aromatic nitrogens is 2. The van der Waals surface area contributed by atoms with Crippen molar-refractivity contribution in [3.63, 3.8) is 0 Å². The van der Waals surface area contributed by atoms with Gasteiger partial charge in [0, 0.05) is 6.33 Å². The monoisotopic (exact) mass is 523 g/mol. The summed E-state index contributed by atoms with van der Waals surface area (Å²) in [6.07, 6.45) is 12.4. The Morgan fingerprint density at radius 1 is 0.730 bits per heavy atom. The topological polar surface area (TPSA) is 22.9 Å². The second kappa shape index (κ2) is 13.4. The van der Waals surface area contributed by atoms with Crippen molar-refractivity contribution in [1.82, 2.24) is 4.57 Å². The van der Waals surface area contributed by atoms with E-state index in [0.717, 1.165) is 5.82 Å². The maximum absolute atomic E-state index is 5.40. The Morgan fingerprint density at radius 3 is 1.65 bits per heavy atom. The zero-order valence-corrected chi connectivity index (χ0v) is 27.9. The van der Waals surface area contributed by atoms with Gasteiger partial charge in [0.2, 0.25) is 0 Å². The molecule has 3 nitrogen and oxygen atoms in total. The van der Waals surface area contributed by atoms with Crippen LogP contribution in [0.2, 0.25) is 0 Å². The molecular formula is C33H46KN3. The van der Waals surface area contributed by atoms with Gasteiger partial charge in [-0.25, -0.2) is 0 Å². The Hall–Kier alpha value is -0.914. The molecule has 1 aliphatic rings. The van der Waals surface area contributed by atoms with Gasteiger partial charge in [0.05, 0.1) is 5.69 Å². The minimum atomic E-state index is 0. The quantitative estimate of drug-likeness (QED) is 0.186. The van der Waals surface area contributed by atoms with Gasteiger partial charge in [0.1, 0.15) is 0 Å². The molecular weight excluding hydrogens is 477 g/mol. The van der Waals surface area contributed by atoms with Crippen LogP contribution in [0.5, 0.6) is 0 Å². The molecule has 0 amide bonds. The van der Waals surface area contributed by atoms with Crippen molar-refractivity contribution in [3.8, 4) is 11.4 Å². The molecule has 2 aromatic carbocycles. The van der Waals surface area contributed by atoms with Crippen molar-refractivity contribution in [3.05, 3.63) is 76.5 Å². The zero-order valence-electron chi connectivity index (χ0n) is 24.8. The summed E-state index contributed by atoms with van der Waals surface area (Å²) in [7, 11) is 0. The van der Waals surface area contributed by atoms with Gasteiger partial charge in [-0.1, -0.05) is 141 Å². The van der Waals surface area contributed by atoms with Crippen molar-refractivity contribution in [2.45, 2.75) is 117 Å². The molecule has 1 aromatic heterocycles.